The zero-order chi connectivity index (χ0) is 15.5. The molecule has 0 aliphatic carbocycles. The Kier molecular flexibility index (Phi) is 11.8. The first-order chi connectivity index (χ1) is 10.2. The van der Waals surface area contributed by atoms with Gasteiger partial charge in [0.1, 0.15) is 6.10 Å². The number of hydrogen-bond donors (Lipinski definition) is 2. The third-order valence-corrected chi connectivity index (χ3v) is 2.91. The SMILES string of the molecule is CCC(CNC(=NC)NCCOC)Oc1ccccc1F.I. The highest BCUT2D eigenvalue weighted by atomic mass is 127. The molecule has 0 radical (unpaired) electrons. The summed E-state index contributed by atoms with van der Waals surface area (Å²) in [5, 5.41) is 6.26. The number of ether oxygens (including phenoxy) is 2. The Morgan fingerprint density at radius 2 is 2.05 bits per heavy atom. The molecule has 7 heteroatoms. The van der Waals surface area contributed by atoms with E-state index in [4.69, 9.17) is 9.47 Å². The van der Waals surface area contributed by atoms with Gasteiger partial charge in [-0.1, -0.05) is 19.1 Å². The summed E-state index contributed by atoms with van der Waals surface area (Å²) in [5.41, 5.74) is 0. The highest BCUT2D eigenvalue weighted by molar-refractivity contribution is 14.0. The van der Waals surface area contributed by atoms with Crippen molar-refractivity contribution in [1.82, 2.24) is 10.6 Å². The number of halogens is 2. The van der Waals surface area contributed by atoms with E-state index < -0.39 is 0 Å². The third-order valence-electron chi connectivity index (χ3n) is 2.91. The van der Waals surface area contributed by atoms with Crippen LogP contribution < -0.4 is 15.4 Å². The Bertz CT molecular complexity index is 447. The second-order valence-corrected chi connectivity index (χ2v) is 4.45. The van der Waals surface area contributed by atoms with E-state index in [2.05, 4.69) is 15.6 Å². The lowest BCUT2D eigenvalue weighted by atomic mass is 10.2. The molecule has 0 amide bonds. The summed E-state index contributed by atoms with van der Waals surface area (Å²) in [4.78, 5) is 4.10. The summed E-state index contributed by atoms with van der Waals surface area (Å²) in [6, 6.07) is 6.41. The third kappa shape index (κ3) is 7.79. The Balaban J connectivity index is 0.00000441. The van der Waals surface area contributed by atoms with Crippen LogP contribution in [0.1, 0.15) is 13.3 Å². The van der Waals surface area contributed by atoms with Crippen LogP contribution in [0, 0.1) is 5.82 Å². The van der Waals surface area contributed by atoms with Gasteiger partial charge in [0.2, 0.25) is 0 Å². The fourth-order valence-corrected chi connectivity index (χ4v) is 1.69. The summed E-state index contributed by atoms with van der Waals surface area (Å²) in [6.07, 6.45) is 0.624. The molecule has 0 spiro atoms. The molecule has 1 rings (SSSR count). The molecule has 0 aliphatic heterocycles. The molecule has 0 heterocycles. The minimum Gasteiger partial charge on any atom is -0.486 e. The molecule has 1 aromatic rings. The van der Waals surface area contributed by atoms with Crippen molar-refractivity contribution in [1.29, 1.82) is 0 Å². The first-order valence-electron chi connectivity index (χ1n) is 7.05. The average Bonchev–Trinajstić information content (AvgIpc) is 2.51. The molecule has 1 atom stereocenters. The smallest absolute Gasteiger partial charge is 0.191 e. The molecular weight excluding hydrogens is 400 g/mol. The molecule has 0 saturated carbocycles. The second-order valence-electron chi connectivity index (χ2n) is 4.45. The van der Waals surface area contributed by atoms with Crippen molar-refractivity contribution < 1.29 is 13.9 Å². The Hall–Kier alpha value is -1.09. The monoisotopic (exact) mass is 425 g/mol. The maximum Gasteiger partial charge on any atom is 0.191 e. The van der Waals surface area contributed by atoms with E-state index >= 15 is 0 Å². The van der Waals surface area contributed by atoms with E-state index in [0.717, 1.165) is 6.42 Å². The van der Waals surface area contributed by atoms with Gasteiger partial charge in [-0.05, 0) is 18.6 Å². The number of para-hydroxylation sites is 1. The van der Waals surface area contributed by atoms with Crippen LogP contribution in [0.2, 0.25) is 0 Å². The number of methoxy groups -OCH3 is 1. The van der Waals surface area contributed by atoms with E-state index in [1.54, 1.807) is 32.4 Å². The topological polar surface area (TPSA) is 54.9 Å². The van der Waals surface area contributed by atoms with Crippen molar-refractivity contribution in [3.8, 4) is 5.75 Å². The highest BCUT2D eigenvalue weighted by Crippen LogP contribution is 2.17. The molecule has 22 heavy (non-hydrogen) atoms. The minimum absolute atomic E-state index is 0. The molecule has 0 fully saturated rings. The van der Waals surface area contributed by atoms with Crippen LogP contribution in [-0.2, 0) is 4.74 Å². The average molecular weight is 425 g/mol. The molecule has 0 bridgehead atoms. The van der Waals surface area contributed by atoms with E-state index in [1.165, 1.54) is 6.07 Å². The van der Waals surface area contributed by atoms with Crippen molar-refractivity contribution in [3.63, 3.8) is 0 Å². The van der Waals surface area contributed by atoms with E-state index in [9.17, 15) is 4.39 Å². The van der Waals surface area contributed by atoms with Crippen LogP contribution in [0.5, 0.6) is 5.75 Å². The van der Waals surface area contributed by atoms with Crippen LogP contribution in [-0.4, -0.2) is 45.9 Å². The lowest BCUT2D eigenvalue weighted by Gasteiger charge is -2.20. The number of rotatable bonds is 8. The molecule has 2 N–H and O–H groups in total. The van der Waals surface area contributed by atoms with Gasteiger partial charge in [0.05, 0.1) is 13.2 Å². The lowest BCUT2D eigenvalue weighted by molar-refractivity contribution is 0.190. The van der Waals surface area contributed by atoms with Gasteiger partial charge in [-0.25, -0.2) is 4.39 Å². The maximum absolute atomic E-state index is 13.6. The maximum atomic E-state index is 13.6. The Morgan fingerprint density at radius 1 is 1.32 bits per heavy atom. The predicted molar refractivity (Wildman–Crippen MR) is 97.8 cm³/mol. The van der Waals surface area contributed by atoms with Gasteiger partial charge in [-0.2, -0.15) is 0 Å². The largest absolute Gasteiger partial charge is 0.486 e. The first-order valence-corrected chi connectivity index (χ1v) is 7.05. The molecule has 0 aromatic heterocycles. The van der Waals surface area contributed by atoms with Crippen molar-refractivity contribution in [2.45, 2.75) is 19.4 Å². The Labute approximate surface area is 148 Å². The normalized spacial score (nSPS) is 12.3. The highest BCUT2D eigenvalue weighted by Gasteiger charge is 2.11. The van der Waals surface area contributed by atoms with Gasteiger partial charge in [0, 0.05) is 20.7 Å². The zero-order valence-electron chi connectivity index (χ0n) is 13.3. The predicted octanol–water partition coefficient (Wildman–Crippen LogP) is 2.41. The van der Waals surface area contributed by atoms with Crippen molar-refractivity contribution >= 4 is 29.9 Å². The molecule has 0 saturated heterocycles. The summed E-state index contributed by atoms with van der Waals surface area (Å²) < 4.78 is 24.2. The number of nitrogens with one attached hydrogen (secondary N) is 2. The summed E-state index contributed by atoms with van der Waals surface area (Å²) in [7, 11) is 3.34. The van der Waals surface area contributed by atoms with Crippen molar-refractivity contribution in [3.05, 3.63) is 30.1 Å². The number of aliphatic imine (C=N–C) groups is 1. The fourth-order valence-electron chi connectivity index (χ4n) is 1.69. The minimum atomic E-state index is -0.349. The van der Waals surface area contributed by atoms with Crippen LogP contribution in [0.4, 0.5) is 4.39 Å². The van der Waals surface area contributed by atoms with Crippen molar-refractivity contribution in [2.24, 2.45) is 4.99 Å². The number of hydrogen-bond acceptors (Lipinski definition) is 3. The first kappa shape index (κ1) is 20.9. The van der Waals surface area contributed by atoms with Gasteiger partial charge in [0.15, 0.2) is 17.5 Å². The number of benzene rings is 1. The number of nitrogens with zero attached hydrogens (tertiary/aromatic N) is 1. The summed E-state index contributed by atoms with van der Waals surface area (Å²) in [5.74, 6) is 0.592. The summed E-state index contributed by atoms with van der Waals surface area (Å²) in [6.45, 7) is 3.80. The second kappa shape index (κ2) is 12.5. The molecule has 0 aliphatic rings. The fraction of sp³-hybridized carbons (Fsp3) is 0.533. The molecular formula is C15H25FIN3O2. The van der Waals surface area contributed by atoms with E-state index in [0.29, 0.717) is 25.7 Å². The van der Waals surface area contributed by atoms with Gasteiger partial charge in [0.25, 0.3) is 0 Å². The molecule has 126 valence electrons. The van der Waals surface area contributed by atoms with Gasteiger partial charge in [-0.3, -0.25) is 4.99 Å². The van der Waals surface area contributed by atoms with Crippen LogP contribution >= 0.6 is 24.0 Å². The molecule has 5 nitrogen and oxygen atoms in total. The van der Waals surface area contributed by atoms with Gasteiger partial charge >= 0.3 is 0 Å². The number of guanidine groups is 1. The van der Waals surface area contributed by atoms with E-state index in [-0.39, 0.29) is 41.6 Å². The lowest BCUT2D eigenvalue weighted by Crippen LogP contribution is -2.43. The quantitative estimate of drug-likeness (QED) is 0.291. The van der Waals surface area contributed by atoms with Crippen LogP contribution in [0.15, 0.2) is 29.3 Å². The van der Waals surface area contributed by atoms with Gasteiger partial charge < -0.3 is 20.1 Å². The standard InChI is InChI=1S/C15H24FN3O2.HI/c1-4-12(21-14-8-6-5-7-13(14)16)11-19-15(17-2)18-9-10-20-3;/h5-8,12H,4,9-11H2,1-3H3,(H2,17,18,19);1H. The van der Waals surface area contributed by atoms with Crippen LogP contribution in [0.25, 0.3) is 0 Å². The van der Waals surface area contributed by atoms with E-state index in [1.807, 2.05) is 6.92 Å². The summed E-state index contributed by atoms with van der Waals surface area (Å²) >= 11 is 0. The van der Waals surface area contributed by atoms with Crippen molar-refractivity contribution in [2.75, 3.05) is 33.9 Å². The molecule has 1 aromatic carbocycles. The molecule has 1 unspecified atom stereocenters. The van der Waals surface area contributed by atoms with Gasteiger partial charge in [-0.15, -0.1) is 24.0 Å². The van der Waals surface area contributed by atoms with Crippen LogP contribution in [0.3, 0.4) is 0 Å². The Morgan fingerprint density at radius 3 is 2.64 bits per heavy atom. The zero-order valence-corrected chi connectivity index (χ0v) is 15.6.